The molecule has 0 aliphatic heterocycles. The molecule has 0 atom stereocenters. The molecule has 8 nitrogen and oxygen atoms in total. The molecule has 5 N–H and O–H groups in total. The lowest BCUT2D eigenvalue weighted by Gasteiger charge is -2.32. The highest BCUT2D eigenvalue weighted by molar-refractivity contribution is 5.69. The number of hydrogen-bond acceptors (Lipinski definition) is 8. The topological polar surface area (TPSA) is 137 Å². The van der Waals surface area contributed by atoms with Crippen molar-refractivity contribution in [3.8, 4) is 0 Å². The van der Waals surface area contributed by atoms with Crippen LogP contribution in [-0.2, 0) is 14.3 Å². The molecule has 0 fully saturated rings. The Morgan fingerprint density at radius 3 is 1.68 bits per heavy atom. The summed E-state index contributed by atoms with van der Waals surface area (Å²) in [5, 5.41) is 46.4. The van der Waals surface area contributed by atoms with Gasteiger partial charge < -0.3 is 35.0 Å². The molecule has 0 heterocycles. The van der Waals surface area contributed by atoms with Crippen molar-refractivity contribution in [2.75, 3.05) is 52.9 Å². The van der Waals surface area contributed by atoms with Gasteiger partial charge in [0.05, 0.1) is 57.1 Å². The van der Waals surface area contributed by atoms with Gasteiger partial charge in [-0.15, -0.1) is 0 Å². The van der Waals surface area contributed by atoms with E-state index in [1.54, 1.807) is 0 Å². The van der Waals surface area contributed by atoms with Crippen LogP contribution in [0.25, 0.3) is 0 Å². The van der Waals surface area contributed by atoms with Gasteiger partial charge in [0.2, 0.25) is 0 Å². The molecule has 0 aromatic carbocycles. The van der Waals surface area contributed by atoms with E-state index in [2.05, 4.69) is 0 Å². The molecule has 0 aromatic heterocycles. The van der Waals surface area contributed by atoms with Crippen LogP contribution in [0, 0.1) is 10.8 Å². The molecule has 0 saturated carbocycles. The summed E-state index contributed by atoms with van der Waals surface area (Å²) in [5.74, 6) is -0.427. The average Bonchev–Trinajstić information content (AvgIpc) is 2.56. The Morgan fingerprint density at radius 2 is 1.27 bits per heavy atom. The van der Waals surface area contributed by atoms with E-state index in [0.29, 0.717) is 6.42 Å². The van der Waals surface area contributed by atoms with Gasteiger partial charge >= 0.3 is 5.97 Å². The molecular formula is C14H28O8. The first-order valence-electron chi connectivity index (χ1n) is 7.24. The molecule has 132 valence electrons. The first-order chi connectivity index (χ1) is 10.5. The molecule has 0 saturated heterocycles. The van der Waals surface area contributed by atoms with Crippen LogP contribution in [0.15, 0.2) is 0 Å². The first-order valence-corrected chi connectivity index (χ1v) is 7.24. The fourth-order valence-electron chi connectivity index (χ4n) is 1.56. The minimum Gasteiger partial charge on any atom is -0.465 e. The zero-order valence-corrected chi connectivity index (χ0v) is 13.0. The Kier molecular flexibility index (Phi) is 10.5. The highest BCUT2D eigenvalue weighted by atomic mass is 16.5. The van der Waals surface area contributed by atoms with Gasteiger partial charge in [-0.25, -0.2) is 0 Å². The molecule has 0 aliphatic rings. The summed E-state index contributed by atoms with van der Waals surface area (Å²) in [5.41, 5.74) is -2.37. The molecule has 0 aromatic rings. The van der Waals surface area contributed by atoms with Crippen molar-refractivity contribution in [3.63, 3.8) is 0 Å². The van der Waals surface area contributed by atoms with Crippen LogP contribution in [0.4, 0.5) is 0 Å². The lowest BCUT2D eigenvalue weighted by Crippen LogP contribution is -2.44. The SMILES string of the molecule is CCCC(=O)OCC(CO)(CO)COCC(CO)(CO)CO. The lowest BCUT2D eigenvalue weighted by atomic mass is 9.90. The van der Waals surface area contributed by atoms with E-state index in [0.717, 1.165) is 0 Å². The molecule has 8 heteroatoms. The molecule has 0 spiro atoms. The Bertz CT molecular complexity index is 291. The van der Waals surface area contributed by atoms with Gasteiger partial charge in [-0.2, -0.15) is 0 Å². The summed E-state index contributed by atoms with van der Waals surface area (Å²) in [6, 6.07) is 0. The van der Waals surface area contributed by atoms with Crippen molar-refractivity contribution in [2.45, 2.75) is 19.8 Å². The number of carbonyl (C=O) groups is 1. The van der Waals surface area contributed by atoms with Crippen molar-refractivity contribution in [2.24, 2.45) is 10.8 Å². The van der Waals surface area contributed by atoms with Crippen LogP contribution in [0.2, 0.25) is 0 Å². The first kappa shape index (κ1) is 21.2. The van der Waals surface area contributed by atoms with Gasteiger partial charge in [0.1, 0.15) is 6.61 Å². The Hall–Kier alpha value is -0.770. The maximum atomic E-state index is 11.4. The van der Waals surface area contributed by atoms with E-state index in [4.69, 9.17) is 9.47 Å². The maximum absolute atomic E-state index is 11.4. The van der Waals surface area contributed by atoms with E-state index in [1.807, 2.05) is 6.92 Å². The Balaban J connectivity index is 4.53. The summed E-state index contributed by atoms with van der Waals surface area (Å²) in [6.45, 7) is -1.05. The summed E-state index contributed by atoms with van der Waals surface area (Å²) in [4.78, 5) is 11.4. The standard InChI is InChI=1S/C14H28O8/c1-2-3-12(20)22-11-14(7-18,8-19)10-21-9-13(4-15,5-16)6-17/h15-19H,2-11H2,1H3. The third kappa shape index (κ3) is 6.55. The van der Waals surface area contributed by atoms with Gasteiger partial charge in [0, 0.05) is 6.42 Å². The maximum Gasteiger partial charge on any atom is 0.305 e. The average molecular weight is 324 g/mol. The number of rotatable bonds is 13. The number of carbonyl (C=O) groups excluding carboxylic acids is 1. The smallest absolute Gasteiger partial charge is 0.305 e. The number of aliphatic hydroxyl groups excluding tert-OH is 5. The number of aliphatic hydroxyl groups is 5. The van der Waals surface area contributed by atoms with Crippen molar-refractivity contribution < 1.29 is 39.8 Å². The molecular weight excluding hydrogens is 296 g/mol. The fraction of sp³-hybridized carbons (Fsp3) is 0.929. The minimum absolute atomic E-state index is 0.152. The fourth-order valence-corrected chi connectivity index (χ4v) is 1.56. The van der Waals surface area contributed by atoms with E-state index < -0.39 is 49.8 Å². The zero-order chi connectivity index (χ0) is 17.1. The number of hydrogen-bond donors (Lipinski definition) is 5. The Labute approximate surface area is 130 Å². The van der Waals surface area contributed by atoms with Crippen LogP contribution in [0.3, 0.4) is 0 Å². The lowest BCUT2D eigenvalue weighted by molar-refractivity contribution is -0.154. The van der Waals surface area contributed by atoms with Crippen LogP contribution >= 0.6 is 0 Å². The van der Waals surface area contributed by atoms with Gasteiger partial charge in [0.15, 0.2) is 0 Å². The summed E-state index contributed by atoms with van der Waals surface area (Å²) >= 11 is 0. The number of esters is 1. The molecule has 0 unspecified atom stereocenters. The second-order valence-corrected chi connectivity index (χ2v) is 5.69. The van der Waals surface area contributed by atoms with Gasteiger partial charge in [0.25, 0.3) is 0 Å². The molecule has 0 aliphatic carbocycles. The van der Waals surface area contributed by atoms with E-state index >= 15 is 0 Å². The molecule has 22 heavy (non-hydrogen) atoms. The van der Waals surface area contributed by atoms with E-state index in [9.17, 15) is 30.3 Å². The van der Waals surface area contributed by atoms with Gasteiger partial charge in [-0.3, -0.25) is 4.79 Å². The van der Waals surface area contributed by atoms with Crippen molar-refractivity contribution >= 4 is 5.97 Å². The van der Waals surface area contributed by atoms with Crippen LogP contribution < -0.4 is 0 Å². The second-order valence-electron chi connectivity index (χ2n) is 5.69. The predicted molar refractivity (Wildman–Crippen MR) is 77.0 cm³/mol. The minimum atomic E-state index is -1.20. The summed E-state index contributed by atoms with van der Waals surface area (Å²) in [7, 11) is 0. The zero-order valence-electron chi connectivity index (χ0n) is 13.0. The quantitative estimate of drug-likeness (QED) is 0.252. The second kappa shape index (κ2) is 10.9. The van der Waals surface area contributed by atoms with E-state index in [1.165, 1.54) is 0 Å². The van der Waals surface area contributed by atoms with Crippen LogP contribution in [0.1, 0.15) is 19.8 Å². The molecule has 0 bridgehead atoms. The Morgan fingerprint density at radius 1 is 0.818 bits per heavy atom. The third-order valence-corrected chi connectivity index (χ3v) is 3.49. The van der Waals surface area contributed by atoms with Crippen molar-refractivity contribution in [1.29, 1.82) is 0 Å². The number of ether oxygens (including phenoxy) is 2. The monoisotopic (exact) mass is 324 g/mol. The third-order valence-electron chi connectivity index (χ3n) is 3.49. The molecule has 0 amide bonds. The van der Waals surface area contributed by atoms with Crippen LogP contribution in [0.5, 0.6) is 0 Å². The predicted octanol–water partition coefficient (Wildman–Crippen LogP) is -1.72. The molecule has 0 radical (unpaired) electrons. The van der Waals surface area contributed by atoms with Gasteiger partial charge in [-0.05, 0) is 6.42 Å². The van der Waals surface area contributed by atoms with Crippen molar-refractivity contribution in [3.05, 3.63) is 0 Å². The normalized spacial score (nSPS) is 12.5. The summed E-state index contributed by atoms with van der Waals surface area (Å²) in [6.07, 6.45) is 0.878. The largest absolute Gasteiger partial charge is 0.465 e. The van der Waals surface area contributed by atoms with Gasteiger partial charge in [-0.1, -0.05) is 6.92 Å². The van der Waals surface area contributed by atoms with E-state index in [-0.39, 0.29) is 26.2 Å². The highest BCUT2D eigenvalue weighted by Gasteiger charge is 2.34. The van der Waals surface area contributed by atoms with Crippen LogP contribution in [-0.4, -0.2) is 84.4 Å². The molecule has 0 rings (SSSR count). The summed E-state index contributed by atoms with van der Waals surface area (Å²) < 4.78 is 10.3. The highest BCUT2D eigenvalue weighted by Crippen LogP contribution is 2.21. The van der Waals surface area contributed by atoms with Crippen molar-refractivity contribution in [1.82, 2.24) is 0 Å².